The Bertz CT molecular complexity index is 1080. The highest BCUT2D eigenvalue weighted by Crippen LogP contribution is 2.35. The highest BCUT2D eigenvalue weighted by atomic mass is 32.2. The number of piperidine rings is 1. The molecule has 1 aromatic carbocycles. The average Bonchev–Trinajstić information content (AvgIpc) is 3.36. The number of rotatable bonds is 5. The molecule has 0 atom stereocenters. The smallest absolute Gasteiger partial charge is 0.345 e. The van der Waals surface area contributed by atoms with Gasteiger partial charge in [-0.2, -0.15) is 9.40 Å². The van der Waals surface area contributed by atoms with Crippen molar-refractivity contribution >= 4 is 10.0 Å². The molecule has 0 bridgehead atoms. The van der Waals surface area contributed by atoms with Crippen LogP contribution in [-0.2, 0) is 17.1 Å². The van der Waals surface area contributed by atoms with E-state index in [9.17, 15) is 17.6 Å². The summed E-state index contributed by atoms with van der Waals surface area (Å²) in [4.78, 5) is 12.5. The van der Waals surface area contributed by atoms with Gasteiger partial charge in [0.25, 0.3) is 0 Å². The number of methoxy groups -OCH3 is 1. The summed E-state index contributed by atoms with van der Waals surface area (Å²) in [5.41, 5.74) is -0.101. The third kappa shape index (κ3) is 3.66. The Balaban J connectivity index is 1.56. The summed E-state index contributed by atoms with van der Waals surface area (Å²) >= 11 is 0. The van der Waals surface area contributed by atoms with Crippen LogP contribution in [0.25, 0.3) is 0 Å². The number of aryl methyl sites for hydroxylation is 1. The predicted octanol–water partition coefficient (Wildman–Crippen LogP) is 2.41. The zero-order valence-electron chi connectivity index (χ0n) is 17.3. The minimum Gasteiger partial charge on any atom is -0.495 e. The van der Waals surface area contributed by atoms with Crippen LogP contribution in [0, 0.1) is 5.82 Å². The molecule has 0 radical (unpaired) electrons. The van der Waals surface area contributed by atoms with E-state index in [0.29, 0.717) is 12.8 Å². The first-order chi connectivity index (χ1) is 14.3. The minimum absolute atomic E-state index is 0.0142. The third-order valence-electron chi connectivity index (χ3n) is 6.23. The fourth-order valence-electron chi connectivity index (χ4n) is 4.63. The molecule has 2 heterocycles. The lowest BCUT2D eigenvalue weighted by atomic mass is 9.97. The molecule has 4 rings (SSSR count). The van der Waals surface area contributed by atoms with Crippen molar-refractivity contribution in [2.45, 2.75) is 55.4 Å². The summed E-state index contributed by atoms with van der Waals surface area (Å²) in [6.07, 6.45) is 5.28. The highest BCUT2D eigenvalue weighted by molar-refractivity contribution is 7.89. The molecular weight excluding hydrogens is 411 g/mol. The van der Waals surface area contributed by atoms with E-state index < -0.39 is 15.8 Å². The first kappa shape index (κ1) is 21.0. The Hall–Kier alpha value is -2.20. The maximum absolute atomic E-state index is 13.7. The lowest BCUT2D eigenvalue weighted by Gasteiger charge is -2.31. The Labute approximate surface area is 175 Å². The molecule has 2 aliphatic rings. The number of aromatic nitrogens is 3. The maximum Gasteiger partial charge on any atom is 0.345 e. The summed E-state index contributed by atoms with van der Waals surface area (Å²) in [5.74, 6) is 0.270. The van der Waals surface area contributed by atoms with Crippen LogP contribution < -0.4 is 10.4 Å². The lowest BCUT2D eigenvalue weighted by molar-refractivity contribution is 0.302. The van der Waals surface area contributed by atoms with E-state index in [4.69, 9.17) is 4.74 Å². The van der Waals surface area contributed by atoms with Crippen LogP contribution in [0.4, 0.5) is 4.39 Å². The van der Waals surface area contributed by atoms with Crippen LogP contribution >= 0.6 is 0 Å². The molecule has 1 aromatic heterocycles. The van der Waals surface area contributed by atoms with E-state index in [1.165, 1.54) is 28.2 Å². The van der Waals surface area contributed by atoms with Crippen molar-refractivity contribution in [1.82, 2.24) is 18.7 Å². The summed E-state index contributed by atoms with van der Waals surface area (Å²) < 4.78 is 49.6. The molecule has 2 aromatic rings. The molecule has 10 heteroatoms. The molecule has 0 N–H and O–H groups in total. The van der Waals surface area contributed by atoms with Gasteiger partial charge in [0.05, 0.1) is 7.11 Å². The molecular formula is C20H27FN4O4S. The van der Waals surface area contributed by atoms with Crippen LogP contribution in [0.5, 0.6) is 5.75 Å². The molecule has 1 saturated heterocycles. The van der Waals surface area contributed by atoms with Gasteiger partial charge in [-0.05, 0) is 43.9 Å². The van der Waals surface area contributed by atoms with Crippen molar-refractivity contribution in [2.75, 3.05) is 20.2 Å². The molecule has 30 heavy (non-hydrogen) atoms. The zero-order chi connectivity index (χ0) is 21.5. The number of sulfonamides is 1. The van der Waals surface area contributed by atoms with Gasteiger partial charge >= 0.3 is 5.69 Å². The number of nitrogens with zero attached hydrogens (tertiary/aromatic N) is 4. The zero-order valence-corrected chi connectivity index (χ0v) is 18.1. The van der Waals surface area contributed by atoms with Crippen molar-refractivity contribution in [3.63, 3.8) is 0 Å². The fraction of sp³-hybridized carbons (Fsp3) is 0.600. The third-order valence-corrected chi connectivity index (χ3v) is 8.15. The average molecular weight is 439 g/mol. The van der Waals surface area contributed by atoms with E-state index in [1.807, 2.05) is 4.57 Å². The molecule has 0 unspecified atom stereocenters. The lowest BCUT2D eigenvalue weighted by Crippen LogP contribution is -2.39. The van der Waals surface area contributed by atoms with Crippen molar-refractivity contribution < 1.29 is 17.5 Å². The molecule has 1 saturated carbocycles. The standard InChI is InChI=1S/C20H27FN4O4S/c1-23-20(26)25(16-5-3-4-6-16)19(22-23)14-9-11-24(12-10-14)30(27,28)18-13-15(21)7-8-17(18)29-2/h7-8,13-14,16H,3-6,9-12H2,1-2H3. The topological polar surface area (TPSA) is 86.4 Å². The van der Waals surface area contributed by atoms with Crippen molar-refractivity contribution in [1.29, 1.82) is 0 Å². The van der Waals surface area contributed by atoms with E-state index in [0.717, 1.165) is 37.6 Å². The Morgan fingerprint density at radius 2 is 1.80 bits per heavy atom. The molecule has 1 aliphatic carbocycles. The molecule has 2 fully saturated rings. The first-order valence-corrected chi connectivity index (χ1v) is 11.8. The van der Waals surface area contributed by atoms with Crippen molar-refractivity contribution in [3.05, 3.63) is 40.3 Å². The number of halogens is 1. The van der Waals surface area contributed by atoms with Gasteiger partial charge in [-0.15, -0.1) is 0 Å². The largest absolute Gasteiger partial charge is 0.495 e. The number of benzene rings is 1. The van der Waals surface area contributed by atoms with E-state index in [2.05, 4.69) is 5.10 Å². The molecule has 8 nitrogen and oxygen atoms in total. The Morgan fingerprint density at radius 3 is 2.43 bits per heavy atom. The van der Waals surface area contributed by atoms with E-state index in [1.54, 1.807) is 7.05 Å². The van der Waals surface area contributed by atoms with Crippen LogP contribution in [0.15, 0.2) is 27.9 Å². The van der Waals surface area contributed by atoms with Crippen LogP contribution in [0.2, 0.25) is 0 Å². The van der Waals surface area contributed by atoms with Gasteiger partial charge in [0.15, 0.2) is 0 Å². The van der Waals surface area contributed by atoms with Crippen molar-refractivity contribution in [3.8, 4) is 5.75 Å². The first-order valence-electron chi connectivity index (χ1n) is 10.3. The summed E-state index contributed by atoms with van der Waals surface area (Å²) in [6, 6.07) is 3.67. The van der Waals surface area contributed by atoms with Gasteiger partial charge < -0.3 is 4.74 Å². The quantitative estimate of drug-likeness (QED) is 0.716. The molecule has 164 valence electrons. The van der Waals surface area contributed by atoms with Gasteiger partial charge in [0.2, 0.25) is 10.0 Å². The molecule has 1 aliphatic heterocycles. The predicted molar refractivity (Wildman–Crippen MR) is 109 cm³/mol. The number of ether oxygens (including phenoxy) is 1. The molecule has 0 spiro atoms. The van der Waals surface area contributed by atoms with Crippen LogP contribution in [0.3, 0.4) is 0 Å². The van der Waals surface area contributed by atoms with E-state index >= 15 is 0 Å². The van der Waals surface area contributed by atoms with Gasteiger partial charge in [-0.25, -0.2) is 22.3 Å². The van der Waals surface area contributed by atoms with Gasteiger partial charge in [-0.1, -0.05) is 12.8 Å². The highest BCUT2D eigenvalue weighted by Gasteiger charge is 2.35. The number of hydrogen-bond donors (Lipinski definition) is 0. The normalized spacial score (nSPS) is 19.4. The number of hydrogen-bond acceptors (Lipinski definition) is 5. The van der Waals surface area contributed by atoms with Crippen LogP contribution in [-0.4, -0.2) is 47.3 Å². The Kier molecular flexibility index (Phi) is 5.71. The minimum atomic E-state index is -3.89. The van der Waals surface area contributed by atoms with E-state index in [-0.39, 0.29) is 41.4 Å². The van der Waals surface area contributed by atoms with Gasteiger partial charge in [0, 0.05) is 32.1 Å². The summed E-state index contributed by atoms with van der Waals surface area (Å²) in [5, 5.41) is 4.49. The van der Waals surface area contributed by atoms with Gasteiger partial charge in [-0.3, -0.25) is 4.57 Å². The maximum atomic E-state index is 13.7. The molecule has 0 amide bonds. The Morgan fingerprint density at radius 1 is 1.13 bits per heavy atom. The summed E-state index contributed by atoms with van der Waals surface area (Å²) in [6.45, 7) is 0.560. The van der Waals surface area contributed by atoms with Gasteiger partial charge in [0.1, 0.15) is 22.3 Å². The SMILES string of the molecule is COc1ccc(F)cc1S(=O)(=O)N1CCC(c2nn(C)c(=O)n2C2CCCC2)CC1. The monoisotopic (exact) mass is 438 g/mol. The second kappa shape index (κ2) is 8.14. The van der Waals surface area contributed by atoms with Crippen molar-refractivity contribution in [2.24, 2.45) is 7.05 Å². The fourth-order valence-corrected chi connectivity index (χ4v) is 6.26. The van der Waals surface area contributed by atoms with Crippen LogP contribution in [0.1, 0.15) is 56.3 Å². The second-order valence-electron chi connectivity index (χ2n) is 8.05. The summed E-state index contributed by atoms with van der Waals surface area (Å²) in [7, 11) is -0.865. The second-order valence-corrected chi connectivity index (χ2v) is 9.95.